The van der Waals surface area contributed by atoms with Crippen LogP contribution >= 0.6 is 0 Å². The molecule has 0 saturated heterocycles. The zero-order valence-corrected chi connectivity index (χ0v) is 14.4. The third-order valence-electron chi connectivity index (χ3n) is 5.41. The fraction of sp³-hybridized carbons (Fsp3) is 1.00. The van der Waals surface area contributed by atoms with Gasteiger partial charge in [0.15, 0.2) is 0 Å². The fourth-order valence-electron chi connectivity index (χ4n) is 3.93. The molecule has 0 heterocycles. The van der Waals surface area contributed by atoms with E-state index in [0.29, 0.717) is 0 Å². The Balaban J connectivity index is 2.24. The number of rotatable bonds is 11. The van der Waals surface area contributed by atoms with Crippen molar-refractivity contribution in [3.8, 4) is 0 Å². The van der Waals surface area contributed by atoms with Crippen molar-refractivity contribution in [3.05, 3.63) is 0 Å². The minimum Gasteiger partial charge on any atom is -0.317 e. The Hall–Kier alpha value is -0.0400. The van der Waals surface area contributed by atoms with Gasteiger partial charge in [-0.25, -0.2) is 0 Å². The highest BCUT2D eigenvalue weighted by Gasteiger charge is 2.28. The zero-order chi connectivity index (χ0) is 14.6. The number of unbranched alkanes of at least 4 members (excludes halogenated alkanes) is 5. The van der Waals surface area contributed by atoms with Crippen LogP contribution in [0, 0.1) is 17.8 Å². The van der Waals surface area contributed by atoms with Gasteiger partial charge in [0.05, 0.1) is 0 Å². The maximum absolute atomic E-state index is 3.60. The van der Waals surface area contributed by atoms with E-state index < -0.39 is 0 Å². The molecule has 1 fully saturated rings. The summed E-state index contributed by atoms with van der Waals surface area (Å²) in [6, 6.07) is 0. The van der Waals surface area contributed by atoms with Gasteiger partial charge in [0, 0.05) is 0 Å². The second-order valence-corrected chi connectivity index (χ2v) is 6.97. The van der Waals surface area contributed by atoms with Crippen molar-refractivity contribution in [2.45, 2.75) is 91.4 Å². The molecule has 0 radical (unpaired) electrons. The molecule has 0 bridgehead atoms. The zero-order valence-electron chi connectivity index (χ0n) is 14.4. The van der Waals surface area contributed by atoms with Crippen molar-refractivity contribution in [2.75, 3.05) is 13.1 Å². The van der Waals surface area contributed by atoms with E-state index in [1.165, 1.54) is 77.2 Å². The molecule has 1 heteroatoms. The van der Waals surface area contributed by atoms with Gasteiger partial charge in [-0.05, 0) is 43.7 Å². The van der Waals surface area contributed by atoms with Crippen LogP contribution in [0.3, 0.4) is 0 Å². The second-order valence-electron chi connectivity index (χ2n) is 6.97. The Morgan fingerprint density at radius 2 is 1.60 bits per heavy atom. The van der Waals surface area contributed by atoms with Crippen LogP contribution < -0.4 is 5.32 Å². The van der Waals surface area contributed by atoms with Gasteiger partial charge >= 0.3 is 0 Å². The summed E-state index contributed by atoms with van der Waals surface area (Å²) in [6.45, 7) is 9.33. The fourth-order valence-corrected chi connectivity index (χ4v) is 3.93. The lowest BCUT2D eigenvalue weighted by atomic mass is 9.71. The van der Waals surface area contributed by atoms with Crippen molar-refractivity contribution < 1.29 is 0 Å². The molecule has 0 amide bonds. The number of nitrogens with one attached hydrogen (secondary N) is 1. The molecule has 20 heavy (non-hydrogen) atoms. The van der Waals surface area contributed by atoms with Gasteiger partial charge in [-0.2, -0.15) is 0 Å². The summed E-state index contributed by atoms with van der Waals surface area (Å²) in [5.74, 6) is 3.00. The van der Waals surface area contributed by atoms with Gasteiger partial charge in [-0.15, -0.1) is 0 Å². The average molecular weight is 282 g/mol. The molecular weight excluding hydrogens is 242 g/mol. The summed E-state index contributed by atoms with van der Waals surface area (Å²) in [7, 11) is 0. The van der Waals surface area contributed by atoms with E-state index in [4.69, 9.17) is 0 Å². The normalized spacial score (nSPS) is 26.9. The molecule has 3 atom stereocenters. The van der Waals surface area contributed by atoms with Crippen LogP contribution in [0.25, 0.3) is 0 Å². The lowest BCUT2D eigenvalue weighted by Crippen LogP contribution is -2.33. The van der Waals surface area contributed by atoms with E-state index in [2.05, 4.69) is 26.1 Å². The highest BCUT2D eigenvalue weighted by Crippen LogP contribution is 2.38. The third-order valence-corrected chi connectivity index (χ3v) is 5.41. The Bertz CT molecular complexity index is 214. The van der Waals surface area contributed by atoms with Crippen LogP contribution in [0.1, 0.15) is 91.4 Å². The van der Waals surface area contributed by atoms with Crippen molar-refractivity contribution in [2.24, 2.45) is 17.8 Å². The molecule has 1 rings (SSSR count). The number of hydrogen-bond acceptors (Lipinski definition) is 1. The summed E-state index contributed by atoms with van der Waals surface area (Å²) in [5, 5.41) is 3.60. The minimum atomic E-state index is 0.966. The van der Waals surface area contributed by atoms with Crippen LogP contribution in [0.15, 0.2) is 0 Å². The Morgan fingerprint density at radius 1 is 0.850 bits per heavy atom. The summed E-state index contributed by atoms with van der Waals surface area (Å²) in [6.07, 6.45) is 16.1. The van der Waals surface area contributed by atoms with Gasteiger partial charge in [-0.3, -0.25) is 0 Å². The number of hydrogen-bond donors (Lipinski definition) is 1. The molecule has 3 unspecified atom stereocenters. The van der Waals surface area contributed by atoms with E-state index in [1.54, 1.807) is 0 Å². The quantitative estimate of drug-likeness (QED) is 0.473. The van der Waals surface area contributed by atoms with Crippen LogP contribution in [0.4, 0.5) is 0 Å². The predicted octanol–water partition coefficient (Wildman–Crippen LogP) is 5.79. The van der Waals surface area contributed by atoms with Crippen LogP contribution in [0.2, 0.25) is 0 Å². The van der Waals surface area contributed by atoms with Crippen molar-refractivity contribution in [3.63, 3.8) is 0 Å². The summed E-state index contributed by atoms with van der Waals surface area (Å²) >= 11 is 0. The molecule has 0 aromatic carbocycles. The Morgan fingerprint density at radius 3 is 2.30 bits per heavy atom. The largest absolute Gasteiger partial charge is 0.317 e. The maximum atomic E-state index is 3.60. The summed E-state index contributed by atoms with van der Waals surface area (Å²) < 4.78 is 0. The predicted molar refractivity (Wildman–Crippen MR) is 91.1 cm³/mol. The molecule has 1 aliphatic carbocycles. The molecule has 1 nitrogen and oxygen atoms in total. The van der Waals surface area contributed by atoms with Crippen molar-refractivity contribution in [1.29, 1.82) is 0 Å². The van der Waals surface area contributed by atoms with Crippen LogP contribution in [-0.2, 0) is 0 Å². The van der Waals surface area contributed by atoms with Gasteiger partial charge in [-0.1, -0.05) is 78.6 Å². The lowest BCUT2D eigenvalue weighted by molar-refractivity contribution is 0.160. The highest BCUT2D eigenvalue weighted by molar-refractivity contribution is 4.81. The van der Waals surface area contributed by atoms with E-state index >= 15 is 0 Å². The smallest absolute Gasteiger partial charge is 0.00180 e. The van der Waals surface area contributed by atoms with Gasteiger partial charge in [0.1, 0.15) is 0 Å². The highest BCUT2D eigenvalue weighted by atomic mass is 14.8. The molecular formula is C19H39N. The van der Waals surface area contributed by atoms with Crippen molar-refractivity contribution in [1.82, 2.24) is 5.32 Å². The van der Waals surface area contributed by atoms with Gasteiger partial charge < -0.3 is 5.32 Å². The van der Waals surface area contributed by atoms with Crippen LogP contribution in [0.5, 0.6) is 0 Å². The SMILES string of the molecule is CCCCCCCCC1CC(CC)CCC1CNCC. The molecule has 1 saturated carbocycles. The summed E-state index contributed by atoms with van der Waals surface area (Å²) in [5.41, 5.74) is 0. The van der Waals surface area contributed by atoms with Gasteiger partial charge in [0.25, 0.3) is 0 Å². The molecule has 120 valence electrons. The first-order valence-corrected chi connectivity index (χ1v) is 9.52. The van der Waals surface area contributed by atoms with Gasteiger partial charge in [0.2, 0.25) is 0 Å². The van der Waals surface area contributed by atoms with Crippen LogP contribution in [-0.4, -0.2) is 13.1 Å². The topological polar surface area (TPSA) is 12.0 Å². The summed E-state index contributed by atoms with van der Waals surface area (Å²) in [4.78, 5) is 0. The molecule has 1 N–H and O–H groups in total. The monoisotopic (exact) mass is 281 g/mol. The molecule has 0 spiro atoms. The van der Waals surface area contributed by atoms with Crippen molar-refractivity contribution >= 4 is 0 Å². The second kappa shape index (κ2) is 11.6. The minimum absolute atomic E-state index is 0.966. The van der Waals surface area contributed by atoms with E-state index in [9.17, 15) is 0 Å². The van der Waals surface area contributed by atoms with E-state index in [0.717, 1.165) is 24.3 Å². The lowest BCUT2D eigenvalue weighted by Gasteiger charge is -2.36. The first-order chi connectivity index (χ1) is 9.81. The Kier molecular flexibility index (Phi) is 10.4. The van der Waals surface area contributed by atoms with E-state index in [1.807, 2.05) is 0 Å². The first-order valence-electron chi connectivity index (χ1n) is 9.52. The molecule has 0 aromatic heterocycles. The first kappa shape index (κ1) is 18.0. The standard InChI is InChI=1S/C19H39N/c1-4-7-8-9-10-11-12-18-15-17(5-2)13-14-19(18)16-20-6-3/h17-20H,4-16H2,1-3H3. The molecule has 1 aliphatic rings. The molecule has 0 aliphatic heterocycles. The van der Waals surface area contributed by atoms with E-state index in [-0.39, 0.29) is 0 Å². The third kappa shape index (κ3) is 7.11. The average Bonchev–Trinajstić information content (AvgIpc) is 2.49. The maximum Gasteiger partial charge on any atom is -0.00180 e. The molecule has 0 aromatic rings. The Labute approximate surface area is 128 Å².